The molecule has 2 nitrogen and oxygen atoms in total. The molecule has 1 aromatic rings. The Morgan fingerprint density at radius 2 is 1.95 bits per heavy atom. The SMILES string of the molecule is CCCCC(NC1CCOCC1)c1ccc(F)cc1. The summed E-state index contributed by atoms with van der Waals surface area (Å²) in [5.41, 5.74) is 1.20. The average molecular weight is 265 g/mol. The minimum atomic E-state index is -0.163. The van der Waals surface area contributed by atoms with Crippen LogP contribution in [-0.2, 0) is 4.74 Å². The van der Waals surface area contributed by atoms with Gasteiger partial charge in [-0.15, -0.1) is 0 Å². The zero-order chi connectivity index (χ0) is 13.5. The molecule has 0 aliphatic carbocycles. The van der Waals surface area contributed by atoms with Crippen molar-refractivity contribution in [3.05, 3.63) is 35.6 Å². The van der Waals surface area contributed by atoms with Gasteiger partial charge < -0.3 is 10.1 Å². The van der Waals surface area contributed by atoms with E-state index in [0.29, 0.717) is 12.1 Å². The van der Waals surface area contributed by atoms with Crippen LogP contribution in [0.1, 0.15) is 50.6 Å². The molecule has 1 aliphatic heterocycles. The molecule has 0 spiro atoms. The maximum Gasteiger partial charge on any atom is 0.123 e. The van der Waals surface area contributed by atoms with Crippen LogP contribution in [0.5, 0.6) is 0 Å². The molecule has 19 heavy (non-hydrogen) atoms. The zero-order valence-corrected chi connectivity index (χ0v) is 11.7. The fraction of sp³-hybridized carbons (Fsp3) is 0.625. The summed E-state index contributed by atoms with van der Waals surface area (Å²) in [6.07, 6.45) is 5.64. The van der Waals surface area contributed by atoms with Crippen LogP contribution in [0.3, 0.4) is 0 Å². The van der Waals surface area contributed by atoms with Crippen molar-refractivity contribution < 1.29 is 9.13 Å². The Morgan fingerprint density at radius 3 is 2.58 bits per heavy atom. The Morgan fingerprint density at radius 1 is 1.26 bits per heavy atom. The van der Waals surface area contributed by atoms with Crippen molar-refractivity contribution in [2.45, 2.75) is 51.1 Å². The van der Waals surface area contributed by atoms with Gasteiger partial charge in [0.25, 0.3) is 0 Å². The Labute approximate surface area is 115 Å². The number of hydrogen-bond acceptors (Lipinski definition) is 2. The standard InChI is InChI=1S/C16H24FNO/c1-2-3-4-16(13-5-7-14(17)8-6-13)18-15-9-11-19-12-10-15/h5-8,15-16,18H,2-4,9-12H2,1H3. The molecule has 1 fully saturated rings. The summed E-state index contributed by atoms with van der Waals surface area (Å²) in [6.45, 7) is 3.90. The molecule has 2 rings (SSSR count). The number of unbranched alkanes of at least 4 members (excludes halogenated alkanes) is 1. The van der Waals surface area contributed by atoms with Crippen LogP contribution in [0.25, 0.3) is 0 Å². The summed E-state index contributed by atoms with van der Waals surface area (Å²) in [6, 6.07) is 7.79. The molecule has 1 aromatic carbocycles. The van der Waals surface area contributed by atoms with Crippen molar-refractivity contribution in [1.29, 1.82) is 0 Å². The molecule has 0 radical (unpaired) electrons. The highest BCUT2D eigenvalue weighted by atomic mass is 19.1. The second kappa shape index (κ2) is 7.61. The van der Waals surface area contributed by atoms with E-state index in [1.54, 1.807) is 12.1 Å². The van der Waals surface area contributed by atoms with E-state index >= 15 is 0 Å². The number of rotatable bonds is 6. The molecule has 0 saturated carbocycles. The van der Waals surface area contributed by atoms with Crippen LogP contribution in [0.2, 0.25) is 0 Å². The number of halogens is 1. The Kier molecular flexibility index (Phi) is 5.80. The fourth-order valence-electron chi connectivity index (χ4n) is 2.60. The molecular formula is C16H24FNO. The summed E-state index contributed by atoms with van der Waals surface area (Å²) in [4.78, 5) is 0. The largest absolute Gasteiger partial charge is 0.381 e. The smallest absolute Gasteiger partial charge is 0.123 e. The van der Waals surface area contributed by atoms with E-state index in [9.17, 15) is 4.39 Å². The van der Waals surface area contributed by atoms with Crippen LogP contribution in [0.15, 0.2) is 24.3 Å². The first-order chi connectivity index (χ1) is 9.29. The van der Waals surface area contributed by atoms with Gasteiger partial charge >= 0.3 is 0 Å². The molecule has 106 valence electrons. The van der Waals surface area contributed by atoms with E-state index < -0.39 is 0 Å². The van der Waals surface area contributed by atoms with Gasteiger partial charge in [0.1, 0.15) is 5.82 Å². The van der Waals surface area contributed by atoms with Gasteiger partial charge in [0.2, 0.25) is 0 Å². The minimum absolute atomic E-state index is 0.163. The molecule has 1 N–H and O–H groups in total. The predicted molar refractivity (Wildman–Crippen MR) is 75.6 cm³/mol. The van der Waals surface area contributed by atoms with Gasteiger partial charge in [0.15, 0.2) is 0 Å². The molecule has 0 aromatic heterocycles. The van der Waals surface area contributed by atoms with Crippen LogP contribution in [0, 0.1) is 5.82 Å². The Hall–Kier alpha value is -0.930. The molecule has 1 heterocycles. The average Bonchev–Trinajstić information content (AvgIpc) is 2.45. The van der Waals surface area contributed by atoms with E-state index in [4.69, 9.17) is 4.74 Å². The van der Waals surface area contributed by atoms with Crippen molar-refractivity contribution in [1.82, 2.24) is 5.32 Å². The molecule has 1 saturated heterocycles. The van der Waals surface area contributed by atoms with E-state index in [2.05, 4.69) is 12.2 Å². The summed E-state index contributed by atoms with van der Waals surface area (Å²) in [5, 5.41) is 3.72. The zero-order valence-electron chi connectivity index (χ0n) is 11.7. The van der Waals surface area contributed by atoms with Crippen molar-refractivity contribution in [3.63, 3.8) is 0 Å². The highest BCUT2D eigenvalue weighted by Gasteiger charge is 2.19. The van der Waals surface area contributed by atoms with Gasteiger partial charge in [-0.3, -0.25) is 0 Å². The summed E-state index contributed by atoms with van der Waals surface area (Å²) < 4.78 is 18.4. The van der Waals surface area contributed by atoms with Gasteiger partial charge in [0, 0.05) is 25.3 Å². The van der Waals surface area contributed by atoms with Crippen molar-refractivity contribution in [2.24, 2.45) is 0 Å². The maximum atomic E-state index is 13.0. The molecule has 3 heteroatoms. The summed E-state index contributed by atoms with van der Waals surface area (Å²) in [7, 11) is 0. The monoisotopic (exact) mass is 265 g/mol. The molecule has 1 aliphatic rings. The second-order valence-electron chi connectivity index (χ2n) is 5.30. The lowest BCUT2D eigenvalue weighted by Crippen LogP contribution is -2.37. The first-order valence-corrected chi connectivity index (χ1v) is 7.39. The van der Waals surface area contributed by atoms with E-state index in [-0.39, 0.29) is 5.82 Å². The van der Waals surface area contributed by atoms with Gasteiger partial charge in [0.05, 0.1) is 0 Å². The van der Waals surface area contributed by atoms with Gasteiger partial charge in [-0.25, -0.2) is 4.39 Å². The number of benzene rings is 1. The quantitative estimate of drug-likeness (QED) is 0.844. The summed E-state index contributed by atoms with van der Waals surface area (Å²) >= 11 is 0. The molecule has 1 atom stereocenters. The normalized spacial score (nSPS) is 18.4. The first-order valence-electron chi connectivity index (χ1n) is 7.39. The minimum Gasteiger partial charge on any atom is -0.381 e. The first kappa shape index (κ1) is 14.5. The maximum absolute atomic E-state index is 13.0. The molecule has 0 bridgehead atoms. The number of ether oxygens (including phenoxy) is 1. The lowest BCUT2D eigenvalue weighted by Gasteiger charge is -2.29. The lowest BCUT2D eigenvalue weighted by atomic mass is 9.98. The van der Waals surface area contributed by atoms with Gasteiger partial charge in [-0.1, -0.05) is 31.9 Å². The lowest BCUT2D eigenvalue weighted by molar-refractivity contribution is 0.0744. The van der Waals surface area contributed by atoms with Crippen LogP contribution in [-0.4, -0.2) is 19.3 Å². The Bertz CT molecular complexity index is 360. The second-order valence-corrected chi connectivity index (χ2v) is 5.30. The van der Waals surface area contributed by atoms with E-state index in [1.165, 1.54) is 18.4 Å². The number of hydrogen-bond donors (Lipinski definition) is 1. The van der Waals surface area contributed by atoms with Crippen molar-refractivity contribution >= 4 is 0 Å². The summed E-state index contributed by atoms with van der Waals surface area (Å²) in [5.74, 6) is -0.163. The van der Waals surface area contributed by atoms with Crippen LogP contribution < -0.4 is 5.32 Å². The molecular weight excluding hydrogens is 241 g/mol. The van der Waals surface area contributed by atoms with E-state index in [0.717, 1.165) is 32.5 Å². The highest BCUT2D eigenvalue weighted by molar-refractivity contribution is 5.20. The topological polar surface area (TPSA) is 21.3 Å². The van der Waals surface area contributed by atoms with Crippen molar-refractivity contribution in [3.8, 4) is 0 Å². The van der Waals surface area contributed by atoms with Crippen LogP contribution >= 0.6 is 0 Å². The third kappa shape index (κ3) is 4.59. The predicted octanol–water partition coefficient (Wildman–Crippen LogP) is 3.83. The molecule has 1 unspecified atom stereocenters. The third-order valence-corrected chi connectivity index (χ3v) is 3.78. The fourth-order valence-corrected chi connectivity index (χ4v) is 2.60. The molecule has 0 amide bonds. The highest BCUT2D eigenvalue weighted by Crippen LogP contribution is 2.22. The Balaban J connectivity index is 1.99. The van der Waals surface area contributed by atoms with E-state index in [1.807, 2.05) is 12.1 Å². The van der Waals surface area contributed by atoms with Crippen molar-refractivity contribution in [2.75, 3.05) is 13.2 Å². The van der Waals surface area contributed by atoms with Gasteiger partial charge in [-0.05, 0) is 37.0 Å². The van der Waals surface area contributed by atoms with Gasteiger partial charge in [-0.2, -0.15) is 0 Å². The van der Waals surface area contributed by atoms with Crippen LogP contribution in [0.4, 0.5) is 4.39 Å². The number of nitrogens with one attached hydrogen (secondary N) is 1. The third-order valence-electron chi connectivity index (χ3n) is 3.78.